The number of hydrogen-bond donors (Lipinski definition) is 1. The summed E-state index contributed by atoms with van der Waals surface area (Å²) in [5, 5.41) is 5.26. The minimum atomic E-state index is -0.373. The highest BCUT2D eigenvalue weighted by molar-refractivity contribution is 7.10. The van der Waals surface area contributed by atoms with Crippen LogP contribution >= 0.6 is 11.3 Å². The van der Waals surface area contributed by atoms with Crippen LogP contribution in [0.4, 0.5) is 14.5 Å². The molecule has 1 saturated heterocycles. The molecule has 0 atom stereocenters. The van der Waals surface area contributed by atoms with Crippen LogP contribution in [0.2, 0.25) is 0 Å². The van der Waals surface area contributed by atoms with Crippen molar-refractivity contribution < 1.29 is 18.4 Å². The molecule has 32 heavy (non-hydrogen) atoms. The Labute approximate surface area is 189 Å². The Morgan fingerprint density at radius 3 is 2.53 bits per heavy atom. The number of benzene rings is 2. The van der Waals surface area contributed by atoms with Crippen LogP contribution < -0.4 is 5.32 Å². The van der Waals surface area contributed by atoms with E-state index in [4.69, 9.17) is 0 Å². The standard InChI is InChI=1S/C24H23F2N3O2S/c1-15-2-7-19(13-20(15)26)27-23(31)21-14-32-24(28-21)17-8-10-29(11-9-17)22(30)12-16-3-5-18(25)6-4-16/h2-7,13-14,17H,8-12H2,1H3,(H,27,31). The van der Waals surface area contributed by atoms with Gasteiger partial charge in [-0.05, 0) is 55.2 Å². The summed E-state index contributed by atoms with van der Waals surface area (Å²) in [6.45, 7) is 2.90. The van der Waals surface area contributed by atoms with E-state index in [2.05, 4.69) is 10.3 Å². The zero-order valence-electron chi connectivity index (χ0n) is 17.6. The number of aryl methyl sites for hydroxylation is 1. The van der Waals surface area contributed by atoms with Crippen LogP contribution in [0.1, 0.15) is 45.4 Å². The van der Waals surface area contributed by atoms with Crippen LogP contribution in [0.5, 0.6) is 0 Å². The highest BCUT2D eigenvalue weighted by atomic mass is 32.1. The van der Waals surface area contributed by atoms with Gasteiger partial charge < -0.3 is 10.2 Å². The normalized spacial score (nSPS) is 14.4. The predicted octanol–water partition coefficient (Wildman–Crippen LogP) is 4.93. The topological polar surface area (TPSA) is 62.3 Å². The molecule has 1 aromatic heterocycles. The van der Waals surface area contributed by atoms with Gasteiger partial charge in [-0.3, -0.25) is 9.59 Å². The van der Waals surface area contributed by atoms with Gasteiger partial charge in [0.15, 0.2) is 0 Å². The monoisotopic (exact) mass is 455 g/mol. The van der Waals surface area contributed by atoms with E-state index < -0.39 is 0 Å². The summed E-state index contributed by atoms with van der Waals surface area (Å²) in [4.78, 5) is 31.3. The van der Waals surface area contributed by atoms with Crippen molar-refractivity contribution in [2.45, 2.75) is 32.1 Å². The molecule has 0 bridgehead atoms. The second-order valence-corrected chi connectivity index (χ2v) is 8.84. The summed E-state index contributed by atoms with van der Waals surface area (Å²) < 4.78 is 26.7. The number of piperidine rings is 1. The Bertz CT molecular complexity index is 1120. The van der Waals surface area contributed by atoms with E-state index in [-0.39, 0.29) is 35.8 Å². The molecule has 4 rings (SSSR count). The van der Waals surface area contributed by atoms with Crippen molar-refractivity contribution in [3.05, 3.63) is 81.3 Å². The Hall–Kier alpha value is -3.13. The summed E-state index contributed by atoms with van der Waals surface area (Å²) in [5.74, 6) is -0.845. The minimum absolute atomic E-state index is 0.0274. The van der Waals surface area contributed by atoms with Gasteiger partial charge in [0.2, 0.25) is 5.91 Å². The highest BCUT2D eigenvalue weighted by Gasteiger charge is 2.26. The number of nitrogens with zero attached hydrogens (tertiary/aromatic N) is 2. The van der Waals surface area contributed by atoms with Gasteiger partial charge in [0.25, 0.3) is 5.91 Å². The number of anilines is 1. The zero-order chi connectivity index (χ0) is 22.7. The van der Waals surface area contributed by atoms with Gasteiger partial charge in [0, 0.05) is 30.1 Å². The molecular formula is C24H23F2N3O2S. The number of amides is 2. The first-order valence-electron chi connectivity index (χ1n) is 10.4. The van der Waals surface area contributed by atoms with Crippen LogP contribution in [0.3, 0.4) is 0 Å². The smallest absolute Gasteiger partial charge is 0.275 e. The van der Waals surface area contributed by atoms with Crippen molar-refractivity contribution in [2.24, 2.45) is 0 Å². The van der Waals surface area contributed by atoms with E-state index in [0.29, 0.717) is 30.0 Å². The molecule has 0 saturated carbocycles. The Morgan fingerprint density at radius 2 is 1.84 bits per heavy atom. The maximum Gasteiger partial charge on any atom is 0.275 e. The molecule has 1 fully saturated rings. The molecule has 1 aliphatic heterocycles. The van der Waals surface area contributed by atoms with Gasteiger partial charge in [-0.15, -0.1) is 11.3 Å². The largest absolute Gasteiger partial charge is 0.342 e. The highest BCUT2D eigenvalue weighted by Crippen LogP contribution is 2.31. The number of carbonyl (C=O) groups excluding carboxylic acids is 2. The van der Waals surface area contributed by atoms with Crippen molar-refractivity contribution in [2.75, 3.05) is 18.4 Å². The average Bonchev–Trinajstić information content (AvgIpc) is 3.28. The van der Waals surface area contributed by atoms with Gasteiger partial charge in [0.1, 0.15) is 17.3 Å². The summed E-state index contributed by atoms with van der Waals surface area (Å²) in [5.41, 5.74) is 2.01. The van der Waals surface area contributed by atoms with Crippen molar-refractivity contribution in [3.8, 4) is 0 Å². The van der Waals surface area contributed by atoms with Crippen molar-refractivity contribution in [1.29, 1.82) is 0 Å². The zero-order valence-corrected chi connectivity index (χ0v) is 18.4. The van der Waals surface area contributed by atoms with E-state index in [0.717, 1.165) is 23.4 Å². The molecule has 2 heterocycles. The fraction of sp³-hybridized carbons (Fsp3) is 0.292. The van der Waals surface area contributed by atoms with Crippen LogP contribution in [0, 0.1) is 18.6 Å². The summed E-state index contributed by atoms with van der Waals surface area (Å²) in [7, 11) is 0. The average molecular weight is 456 g/mol. The fourth-order valence-corrected chi connectivity index (χ4v) is 4.68. The molecule has 8 heteroatoms. The lowest BCUT2D eigenvalue weighted by Crippen LogP contribution is -2.38. The number of aromatic nitrogens is 1. The van der Waals surface area contributed by atoms with Crippen LogP contribution in [0.15, 0.2) is 47.8 Å². The lowest BCUT2D eigenvalue weighted by atomic mass is 9.97. The number of carbonyl (C=O) groups is 2. The third-order valence-corrected chi connectivity index (χ3v) is 6.66. The van der Waals surface area contributed by atoms with Crippen molar-refractivity contribution in [3.63, 3.8) is 0 Å². The summed E-state index contributed by atoms with van der Waals surface area (Å²) in [6.07, 6.45) is 1.80. The number of nitrogens with one attached hydrogen (secondary N) is 1. The Balaban J connectivity index is 1.31. The predicted molar refractivity (Wildman–Crippen MR) is 120 cm³/mol. The molecule has 166 valence electrons. The van der Waals surface area contributed by atoms with E-state index in [1.807, 2.05) is 4.90 Å². The van der Waals surface area contributed by atoms with Crippen LogP contribution in [0.25, 0.3) is 0 Å². The molecule has 0 unspecified atom stereocenters. The third kappa shape index (κ3) is 5.19. The van der Waals surface area contributed by atoms with Gasteiger partial charge in [-0.1, -0.05) is 18.2 Å². The molecule has 5 nitrogen and oxygen atoms in total. The molecular weight excluding hydrogens is 432 g/mol. The molecule has 2 aromatic carbocycles. The first-order valence-corrected chi connectivity index (χ1v) is 11.3. The van der Waals surface area contributed by atoms with Gasteiger partial charge in [-0.2, -0.15) is 0 Å². The first-order chi connectivity index (χ1) is 15.4. The SMILES string of the molecule is Cc1ccc(NC(=O)c2csc(C3CCN(C(=O)Cc4ccc(F)cc4)CC3)n2)cc1F. The second-order valence-electron chi connectivity index (χ2n) is 7.95. The van der Waals surface area contributed by atoms with E-state index in [9.17, 15) is 18.4 Å². The number of halogens is 2. The van der Waals surface area contributed by atoms with Crippen LogP contribution in [-0.4, -0.2) is 34.8 Å². The van der Waals surface area contributed by atoms with E-state index in [1.165, 1.54) is 29.5 Å². The number of likely N-dealkylation sites (tertiary alicyclic amines) is 1. The van der Waals surface area contributed by atoms with Gasteiger partial charge in [-0.25, -0.2) is 13.8 Å². The van der Waals surface area contributed by atoms with Crippen LogP contribution in [-0.2, 0) is 11.2 Å². The molecule has 1 aliphatic rings. The summed E-state index contributed by atoms with van der Waals surface area (Å²) in [6, 6.07) is 10.5. The number of thiazole rings is 1. The molecule has 2 amide bonds. The Morgan fingerprint density at radius 1 is 1.12 bits per heavy atom. The quantitative estimate of drug-likeness (QED) is 0.593. The third-order valence-electron chi connectivity index (χ3n) is 5.65. The molecule has 3 aromatic rings. The van der Waals surface area contributed by atoms with Crippen molar-refractivity contribution in [1.82, 2.24) is 9.88 Å². The van der Waals surface area contributed by atoms with Gasteiger partial charge in [0.05, 0.1) is 11.4 Å². The second kappa shape index (κ2) is 9.56. The Kier molecular flexibility index (Phi) is 6.60. The van der Waals surface area contributed by atoms with Gasteiger partial charge >= 0.3 is 0 Å². The maximum absolute atomic E-state index is 13.7. The molecule has 0 aliphatic carbocycles. The number of rotatable bonds is 5. The molecule has 0 spiro atoms. The minimum Gasteiger partial charge on any atom is -0.342 e. The van der Waals surface area contributed by atoms with E-state index in [1.54, 1.807) is 36.6 Å². The maximum atomic E-state index is 13.7. The summed E-state index contributed by atoms with van der Waals surface area (Å²) >= 11 is 1.43. The molecule has 0 radical (unpaired) electrons. The first kappa shape index (κ1) is 22.1. The lowest BCUT2D eigenvalue weighted by Gasteiger charge is -2.31. The van der Waals surface area contributed by atoms with Crippen molar-refractivity contribution >= 4 is 28.8 Å². The number of hydrogen-bond acceptors (Lipinski definition) is 4. The molecule has 1 N–H and O–H groups in total. The fourth-order valence-electron chi connectivity index (χ4n) is 3.71. The van der Waals surface area contributed by atoms with E-state index >= 15 is 0 Å². The lowest BCUT2D eigenvalue weighted by molar-refractivity contribution is -0.131.